The number of urea groups is 1. The smallest absolute Gasteiger partial charge is 0.347 e. The zero-order valence-electron chi connectivity index (χ0n) is 15.6. The maximum absolute atomic E-state index is 12.8. The largest absolute Gasteiger partial charge is 0.497 e. The topological polar surface area (TPSA) is 97.3 Å². The van der Waals surface area contributed by atoms with Crippen LogP contribution in [0.3, 0.4) is 0 Å². The molecule has 2 aromatic rings. The first-order valence-corrected chi connectivity index (χ1v) is 9.24. The predicted molar refractivity (Wildman–Crippen MR) is 111 cm³/mol. The van der Waals surface area contributed by atoms with E-state index in [1.807, 2.05) is 0 Å². The number of carbonyl (C=O) groups is 3. The molecule has 1 N–H and O–H groups in total. The fraction of sp³-hybridized carbons (Fsp3) is 0.100. The van der Waals surface area contributed by atoms with Crippen molar-refractivity contribution in [3.8, 4) is 5.75 Å². The zero-order chi connectivity index (χ0) is 20.8. The molecule has 0 radical (unpaired) electrons. The number of esters is 1. The van der Waals surface area contributed by atoms with Crippen molar-refractivity contribution in [2.45, 2.75) is 0 Å². The van der Waals surface area contributed by atoms with Gasteiger partial charge in [-0.25, -0.2) is 9.59 Å². The number of para-hydroxylation sites is 1. The van der Waals surface area contributed by atoms with Gasteiger partial charge in [-0.1, -0.05) is 18.2 Å². The van der Waals surface area contributed by atoms with Gasteiger partial charge >= 0.3 is 12.0 Å². The van der Waals surface area contributed by atoms with Crippen molar-refractivity contribution in [2.75, 3.05) is 24.4 Å². The molecule has 1 aliphatic heterocycles. The van der Waals surface area contributed by atoms with E-state index in [9.17, 15) is 14.4 Å². The molecule has 2 aromatic carbocycles. The quantitative estimate of drug-likeness (QED) is 0.612. The molecule has 0 unspecified atom stereocenters. The van der Waals surface area contributed by atoms with Crippen LogP contribution in [0.2, 0.25) is 0 Å². The molecule has 8 nitrogen and oxygen atoms in total. The third-order valence-electron chi connectivity index (χ3n) is 3.81. The molecule has 1 saturated heterocycles. The third-order valence-corrected chi connectivity index (χ3v) is 4.78. The monoisotopic (exact) mass is 411 g/mol. The van der Waals surface area contributed by atoms with Crippen molar-refractivity contribution in [1.29, 1.82) is 0 Å². The van der Waals surface area contributed by atoms with Gasteiger partial charge in [-0.3, -0.25) is 9.69 Å². The van der Waals surface area contributed by atoms with Crippen molar-refractivity contribution in [2.24, 2.45) is 4.99 Å². The number of amidine groups is 1. The van der Waals surface area contributed by atoms with Gasteiger partial charge in [0, 0.05) is 11.8 Å². The molecule has 0 aromatic heterocycles. The Balaban J connectivity index is 1.88. The molecule has 148 valence electrons. The Morgan fingerprint density at radius 1 is 1.07 bits per heavy atom. The Morgan fingerprint density at radius 3 is 2.38 bits per heavy atom. The number of hydrogen-bond donors (Lipinski definition) is 1. The maximum atomic E-state index is 12.8. The first-order valence-electron chi connectivity index (χ1n) is 8.42. The van der Waals surface area contributed by atoms with Gasteiger partial charge in [-0.15, -0.1) is 0 Å². The molecule has 3 rings (SSSR count). The highest BCUT2D eigenvalue weighted by atomic mass is 32.2. The van der Waals surface area contributed by atoms with Crippen LogP contribution in [0.25, 0.3) is 0 Å². The predicted octanol–water partition coefficient (Wildman–Crippen LogP) is 3.42. The minimum atomic E-state index is -0.669. The molecular formula is C20H17N3O5S. The number of nitrogens with one attached hydrogen (secondary N) is 1. The molecule has 29 heavy (non-hydrogen) atoms. The highest BCUT2D eigenvalue weighted by Crippen LogP contribution is 2.34. The van der Waals surface area contributed by atoms with Crippen LogP contribution in [-0.2, 0) is 14.3 Å². The summed E-state index contributed by atoms with van der Waals surface area (Å²) in [5.41, 5.74) is 1.04. The van der Waals surface area contributed by atoms with E-state index in [-0.39, 0.29) is 10.1 Å². The Bertz CT molecular complexity index is 987. The first-order chi connectivity index (χ1) is 14.0. The number of methoxy groups -OCH3 is 2. The van der Waals surface area contributed by atoms with E-state index in [2.05, 4.69) is 15.0 Å². The molecule has 1 aliphatic rings. The number of rotatable bonds is 4. The highest BCUT2D eigenvalue weighted by molar-refractivity contribution is 8.19. The average Bonchev–Trinajstić information content (AvgIpc) is 3.03. The zero-order valence-corrected chi connectivity index (χ0v) is 16.4. The molecule has 1 fully saturated rings. The Labute approximate surface area is 171 Å². The van der Waals surface area contributed by atoms with Crippen LogP contribution in [0, 0.1) is 0 Å². The van der Waals surface area contributed by atoms with E-state index in [1.165, 1.54) is 12.0 Å². The number of nitrogens with zero attached hydrogens (tertiary/aromatic N) is 2. The van der Waals surface area contributed by atoms with Gasteiger partial charge in [-0.05, 0) is 48.2 Å². The van der Waals surface area contributed by atoms with Crippen LogP contribution in [0.5, 0.6) is 5.75 Å². The van der Waals surface area contributed by atoms with Gasteiger partial charge in [0.15, 0.2) is 5.17 Å². The van der Waals surface area contributed by atoms with Crippen molar-refractivity contribution in [3.63, 3.8) is 0 Å². The van der Waals surface area contributed by atoms with Crippen LogP contribution in [0.1, 0.15) is 0 Å². The van der Waals surface area contributed by atoms with Gasteiger partial charge in [0.1, 0.15) is 5.75 Å². The highest BCUT2D eigenvalue weighted by Gasteiger charge is 2.35. The number of thioether (sulfide) groups is 1. The van der Waals surface area contributed by atoms with Crippen LogP contribution in [-0.4, -0.2) is 37.3 Å². The number of aliphatic imine (C=N–C) groups is 1. The lowest BCUT2D eigenvalue weighted by atomic mass is 10.3. The van der Waals surface area contributed by atoms with Crippen molar-refractivity contribution >= 4 is 46.2 Å². The lowest BCUT2D eigenvalue weighted by molar-refractivity contribution is -0.135. The molecule has 0 aliphatic carbocycles. The normalized spacial score (nSPS) is 16.2. The van der Waals surface area contributed by atoms with Gasteiger partial charge in [0.2, 0.25) is 0 Å². The molecule has 0 spiro atoms. The van der Waals surface area contributed by atoms with E-state index in [4.69, 9.17) is 4.74 Å². The molecule has 0 atom stereocenters. The van der Waals surface area contributed by atoms with E-state index in [0.29, 0.717) is 17.1 Å². The number of amides is 3. The second-order valence-electron chi connectivity index (χ2n) is 5.66. The molecule has 3 amide bonds. The lowest BCUT2D eigenvalue weighted by Gasteiger charge is -2.15. The standard InChI is InChI=1S/C20H17N3O5S/c1-27-15-10-8-13(9-11-15)21-19(26)22-20-23(14-6-4-3-5-7-14)18(25)16(29-20)12-17(24)28-2/h3-12H,1-2H3,(H,21,26). The summed E-state index contributed by atoms with van der Waals surface area (Å²) < 4.78 is 9.66. The van der Waals surface area contributed by atoms with Crippen LogP contribution in [0.15, 0.2) is 70.6 Å². The first kappa shape index (κ1) is 20.2. The molecular weight excluding hydrogens is 394 g/mol. The van der Waals surface area contributed by atoms with E-state index < -0.39 is 17.9 Å². The summed E-state index contributed by atoms with van der Waals surface area (Å²) in [7, 11) is 2.77. The second kappa shape index (κ2) is 9.07. The third kappa shape index (κ3) is 4.82. The number of hydrogen-bond acceptors (Lipinski definition) is 6. The number of ether oxygens (including phenoxy) is 2. The van der Waals surface area contributed by atoms with Crippen LogP contribution >= 0.6 is 11.8 Å². The van der Waals surface area contributed by atoms with E-state index >= 15 is 0 Å². The molecule has 9 heteroatoms. The maximum Gasteiger partial charge on any atom is 0.347 e. The summed E-state index contributed by atoms with van der Waals surface area (Å²) >= 11 is 0.916. The van der Waals surface area contributed by atoms with Crippen molar-refractivity contribution in [3.05, 3.63) is 65.6 Å². The van der Waals surface area contributed by atoms with Gasteiger partial charge in [0.05, 0.1) is 24.8 Å². The van der Waals surface area contributed by atoms with Crippen LogP contribution in [0.4, 0.5) is 16.2 Å². The fourth-order valence-corrected chi connectivity index (χ4v) is 3.37. The SMILES string of the molecule is COC(=O)C=C1SC(=NC(=O)Nc2ccc(OC)cc2)N(c2ccccc2)C1=O. The van der Waals surface area contributed by atoms with Crippen molar-refractivity contribution < 1.29 is 23.9 Å². The van der Waals surface area contributed by atoms with Crippen LogP contribution < -0.4 is 15.0 Å². The molecule has 1 heterocycles. The molecule has 0 bridgehead atoms. The Hall–Kier alpha value is -3.59. The summed E-state index contributed by atoms with van der Waals surface area (Å²) in [6.45, 7) is 0. The summed E-state index contributed by atoms with van der Waals surface area (Å²) in [5, 5.41) is 2.76. The van der Waals surface area contributed by atoms with Gasteiger partial charge in [-0.2, -0.15) is 4.99 Å². The minimum absolute atomic E-state index is 0.108. The lowest BCUT2D eigenvalue weighted by Crippen LogP contribution is -2.30. The number of benzene rings is 2. The number of anilines is 2. The second-order valence-corrected chi connectivity index (χ2v) is 6.67. The van der Waals surface area contributed by atoms with E-state index in [1.54, 1.807) is 61.7 Å². The van der Waals surface area contributed by atoms with Gasteiger partial charge < -0.3 is 14.8 Å². The summed E-state index contributed by atoms with van der Waals surface area (Å²) in [4.78, 5) is 42.1. The Morgan fingerprint density at radius 2 is 1.76 bits per heavy atom. The summed E-state index contributed by atoms with van der Waals surface area (Å²) in [6.07, 6.45) is 1.08. The van der Waals surface area contributed by atoms with E-state index in [0.717, 1.165) is 17.8 Å². The average molecular weight is 411 g/mol. The molecule has 0 saturated carbocycles. The minimum Gasteiger partial charge on any atom is -0.497 e. The summed E-state index contributed by atoms with van der Waals surface area (Å²) in [6, 6.07) is 14.8. The summed E-state index contributed by atoms with van der Waals surface area (Å²) in [5.74, 6) is -0.487. The number of carbonyl (C=O) groups excluding carboxylic acids is 3. The fourth-order valence-electron chi connectivity index (χ4n) is 2.43. The van der Waals surface area contributed by atoms with Crippen molar-refractivity contribution in [1.82, 2.24) is 0 Å². The Kier molecular flexibility index (Phi) is 6.30. The van der Waals surface area contributed by atoms with Gasteiger partial charge in [0.25, 0.3) is 5.91 Å².